The predicted octanol–water partition coefficient (Wildman–Crippen LogP) is 3.03. The highest BCUT2D eigenvalue weighted by Gasteiger charge is 2.10. The van der Waals surface area contributed by atoms with Crippen LogP contribution in [0, 0.1) is 6.92 Å². The average Bonchev–Trinajstić information content (AvgIpc) is 2.55. The van der Waals surface area contributed by atoms with Crippen molar-refractivity contribution in [3.05, 3.63) is 23.0 Å². The van der Waals surface area contributed by atoms with Crippen LogP contribution in [-0.4, -0.2) is 14.2 Å². The number of imidazole rings is 1. The fourth-order valence-electron chi connectivity index (χ4n) is 1.45. The van der Waals surface area contributed by atoms with Crippen molar-refractivity contribution in [3.8, 4) is 0 Å². The third-order valence-corrected chi connectivity index (χ3v) is 3.12. The number of halogens is 1. The lowest BCUT2D eigenvalue weighted by Crippen LogP contribution is -2.01. The minimum absolute atomic E-state index is 0.506. The van der Waals surface area contributed by atoms with Gasteiger partial charge in [0.1, 0.15) is 0 Å². The summed E-state index contributed by atoms with van der Waals surface area (Å²) in [7, 11) is 0. The number of rotatable bonds is 2. The summed E-state index contributed by atoms with van der Waals surface area (Å²) >= 11 is 5.25. The van der Waals surface area contributed by atoms with Crippen LogP contribution >= 0.6 is 27.3 Å². The van der Waals surface area contributed by atoms with Crippen LogP contribution in [0.1, 0.15) is 18.3 Å². The Morgan fingerprint density at radius 1 is 1.69 bits per heavy atom. The molecule has 0 saturated heterocycles. The van der Waals surface area contributed by atoms with Crippen LogP contribution in [0.25, 0.3) is 4.96 Å². The Morgan fingerprint density at radius 3 is 3.15 bits per heavy atom. The molecule has 13 heavy (non-hydrogen) atoms. The molecular formula is C9H11BrN2S. The van der Waals surface area contributed by atoms with E-state index in [2.05, 4.69) is 50.7 Å². The Morgan fingerprint density at radius 2 is 2.46 bits per heavy atom. The molecule has 0 saturated carbocycles. The second-order valence-corrected chi connectivity index (χ2v) is 5.62. The lowest BCUT2D eigenvalue weighted by Gasteiger charge is -2.02. The number of thiazole rings is 1. The van der Waals surface area contributed by atoms with Crippen molar-refractivity contribution < 1.29 is 0 Å². The second-order valence-electron chi connectivity index (χ2n) is 3.18. The van der Waals surface area contributed by atoms with Gasteiger partial charge in [0.05, 0.1) is 5.69 Å². The van der Waals surface area contributed by atoms with Crippen molar-refractivity contribution in [1.29, 1.82) is 0 Å². The Labute approximate surface area is 89.7 Å². The average molecular weight is 259 g/mol. The number of nitrogens with zero attached hydrogens (tertiary/aromatic N) is 2. The molecule has 0 aromatic carbocycles. The van der Waals surface area contributed by atoms with Crippen LogP contribution in [0.15, 0.2) is 11.6 Å². The van der Waals surface area contributed by atoms with Gasteiger partial charge in [-0.05, 0) is 6.92 Å². The molecule has 2 nitrogen and oxygen atoms in total. The van der Waals surface area contributed by atoms with E-state index in [1.165, 1.54) is 5.69 Å². The molecule has 2 rings (SSSR count). The number of aryl methyl sites for hydroxylation is 1. The van der Waals surface area contributed by atoms with Crippen molar-refractivity contribution >= 4 is 32.2 Å². The van der Waals surface area contributed by atoms with Gasteiger partial charge >= 0.3 is 0 Å². The van der Waals surface area contributed by atoms with Crippen LogP contribution in [0.3, 0.4) is 0 Å². The number of alkyl halides is 1. The van der Waals surface area contributed by atoms with Crippen LogP contribution in [-0.2, 0) is 6.42 Å². The summed E-state index contributed by atoms with van der Waals surface area (Å²) in [5.41, 5.74) is 2.47. The van der Waals surface area contributed by atoms with Gasteiger partial charge in [-0.15, -0.1) is 11.3 Å². The van der Waals surface area contributed by atoms with Crippen LogP contribution in [0.2, 0.25) is 0 Å². The van der Waals surface area contributed by atoms with Gasteiger partial charge < -0.3 is 0 Å². The smallest absolute Gasteiger partial charge is 0.194 e. The number of fused-ring (bicyclic) bond motifs is 1. The van der Waals surface area contributed by atoms with Crippen molar-refractivity contribution in [1.82, 2.24) is 9.38 Å². The highest BCUT2D eigenvalue weighted by molar-refractivity contribution is 9.09. The number of aromatic nitrogens is 2. The highest BCUT2D eigenvalue weighted by atomic mass is 79.9. The molecular weight excluding hydrogens is 248 g/mol. The maximum atomic E-state index is 4.49. The third-order valence-electron chi connectivity index (χ3n) is 2.04. The second kappa shape index (κ2) is 3.42. The molecule has 0 fully saturated rings. The van der Waals surface area contributed by atoms with Crippen molar-refractivity contribution in [2.75, 3.05) is 0 Å². The van der Waals surface area contributed by atoms with Crippen LogP contribution in [0.4, 0.5) is 0 Å². The summed E-state index contributed by atoms with van der Waals surface area (Å²) in [6.45, 7) is 4.23. The van der Waals surface area contributed by atoms with Gasteiger partial charge in [0, 0.05) is 28.5 Å². The molecule has 0 aliphatic rings. The first-order valence-corrected chi connectivity index (χ1v) is 6.03. The lowest BCUT2D eigenvalue weighted by atomic mass is 10.2. The van der Waals surface area contributed by atoms with Gasteiger partial charge in [0.25, 0.3) is 0 Å². The molecule has 1 atom stereocenters. The van der Waals surface area contributed by atoms with E-state index < -0.39 is 0 Å². The Hall–Kier alpha value is -0.350. The summed E-state index contributed by atoms with van der Waals surface area (Å²) < 4.78 is 2.18. The molecule has 0 radical (unpaired) electrons. The molecule has 0 amide bonds. The van der Waals surface area contributed by atoms with E-state index in [1.54, 1.807) is 11.3 Å². The van der Waals surface area contributed by atoms with Crippen LogP contribution < -0.4 is 0 Å². The number of hydrogen-bond donors (Lipinski definition) is 0. The molecule has 0 bridgehead atoms. The fourth-order valence-corrected chi connectivity index (χ4v) is 2.54. The SMILES string of the molecule is Cc1nc2sccn2c1CC(C)Br. The first kappa shape index (κ1) is 9.21. The summed E-state index contributed by atoms with van der Waals surface area (Å²) in [5.74, 6) is 0. The Bertz CT molecular complexity index is 416. The molecule has 0 spiro atoms. The monoisotopic (exact) mass is 258 g/mol. The van der Waals surface area contributed by atoms with E-state index in [0.29, 0.717) is 4.83 Å². The quantitative estimate of drug-likeness (QED) is 0.758. The standard InChI is InChI=1S/C9H11BrN2S/c1-6(10)5-8-7(2)11-9-12(8)3-4-13-9/h3-4,6H,5H2,1-2H3. The Balaban J connectivity index is 2.51. The topological polar surface area (TPSA) is 17.3 Å². The van der Waals surface area contributed by atoms with Crippen molar-refractivity contribution in [2.45, 2.75) is 25.1 Å². The molecule has 0 N–H and O–H groups in total. The van der Waals surface area contributed by atoms with E-state index in [0.717, 1.165) is 17.1 Å². The van der Waals surface area contributed by atoms with Gasteiger partial charge in [0.15, 0.2) is 4.96 Å². The molecule has 2 aromatic heterocycles. The van der Waals surface area contributed by atoms with E-state index in [9.17, 15) is 0 Å². The maximum Gasteiger partial charge on any atom is 0.194 e. The highest BCUT2D eigenvalue weighted by Crippen LogP contribution is 2.19. The summed E-state index contributed by atoms with van der Waals surface area (Å²) in [6.07, 6.45) is 3.12. The van der Waals surface area contributed by atoms with Gasteiger partial charge in [-0.1, -0.05) is 22.9 Å². The summed E-state index contributed by atoms with van der Waals surface area (Å²) in [4.78, 5) is 6.09. The van der Waals surface area contributed by atoms with Gasteiger partial charge in [-0.2, -0.15) is 0 Å². The minimum atomic E-state index is 0.506. The normalized spacial score (nSPS) is 13.8. The Kier molecular flexibility index (Phi) is 2.43. The zero-order valence-corrected chi connectivity index (χ0v) is 10.0. The van der Waals surface area contributed by atoms with Gasteiger partial charge in [-0.3, -0.25) is 4.40 Å². The minimum Gasteiger partial charge on any atom is -0.294 e. The zero-order valence-electron chi connectivity index (χ0n) is 7.62. The predicted molar refractivity (Wildman–Crippen MR) is 59.9 cm³/mol. The molecule has 70 valence electrons. The van der Waals surface area contributed by atoms with Gasteiger partial charge in [-0.25, -0.2) is 4.98 Å². The van der Waals surface area contributed by atoms with E-state index in [-0.39, 0.29) is 0 Å². The molecule has 0 aliphatic heterocycles. The molecule has 4 heteroatoms. The van der Waals surface area contributed by atoms with E-state index in [1.807, 2.05) is 0 Å². The summed E-state index contributed by atoms with van der Waals surface area (Å²) in [6, 6.07) is 0. The first-order valence-electron chi connectivity index (χ1n) is 4.23. The lowest BCUT2D eigenvalue weighted by molar-refractivity contribution is 0.888. The summed E-state index contributed by atoms with van der Waals surface area (Å²) in [5, 5.41) is 2.07. The van der Waals surface area contributed by atoms with Gasteiger partial charge in [0.2, 0.25) is 0 Å². The third kappa shape index (κ3) is 1.65. The van der Waals surface area contributed by atoms with Crippen molar-refractivity contribution in [2.24, 2.45) is 0 Å². The molecule has 2 aromatic rings. The van der Waals surface area contributed by atoms with E-state index >= 15 is 0 Å². The molecule has 0 aliphatic carbocycles. The zero-order chi connectivity index (χ0) is 9.42. The van der Waals surface area contributed by atoms with E-state index in [4.69, 9.17) is 0 Å². The maximum absolute atomic E-state index is 4.49. The molecule has 1 unspecified atom stereocenters. The van der Waals surface area contributed by atoms with Crippen LogP contribution in [0.5, 0.6) is 0 Å². The fraction of sp³-hybridized carbons (Fsp3) is 0.444. The first-order chi connectivity index (χ1) is 6.18. The molecule has 2 heterocycles. The number of hydrogen-bond acceptors (Lipinski definition) is 2. The largest absolute Gasteiger partial charge is 0.294 e. The van der Waals surface area contributed by atoms with Crippen molar-refractivity contribution in [3.63, 3.8) is 0 Å².